The van der Waals surface area contributed by atoms with Crippen molar-refractivity contribution in [2.75, 3.05) is 18.5 Å². The molecule has 0 aliphatic carbocycles. The van der Waals surface area contributed by atoms with Gasteiger partial charge in [0.05, 0.1) is 12.7 Å². The smallest absolute Gasteiger partial charge is 0.267 e. The van der Waals surface area contributed by atoms with E-state index in [0.29, 0.717) is 23.4 Å². The summed E-state index contributed by atoms with van der Waals surface area (Å²) in [6.07, 6.45) is 2.69. The predicted molar refractivity (Wildman–Crippen MR) is 120 cm³/mol. The Kier molecular flexibility index (Phi) is 11.9. The zero-order chi connectivity index (χ0) is 24.1. The van der Waals surface area contributed by atoms with Gasteiger partial charge in [-0.15, -0.1) is 0 Å². The first-order valence-corrected chi connectivity index (χ1v) is 10.5. The minimum absolute atomic E-state index is 0.0596. The molecule has 0 radical (unpaired) electrons. The Morgan fingerprint density at radius 1 is 1.31 bits per heavy atom. The van der Waals surface area contributed by atoms with E-state index >= 15 is 0 Å². The average molecular weight is 450 g/mol. The van der Waals surface area contributed by atoms with Crippen LogP contribution in [-0.4, -0.2) is 47.3 Å². The van der Waals surface area contributed by atoms with E-state index in [-0.39, 0.29) is 36.7 Å². The lowest BCUT2D eigenvalue weighted by Crippen LogP contribution is -2.28. The summed E-state index contributed by atoms with van der Waals surface area (Å²) in [6, 6.07) is 7.67. The van der Waals surface area contributed by atoms with Crippen LogP contribution in [0.2, 0.25) is 0 Å². The molecule has 9 heteroatoms. The minimum atomic E-state index is -0.628. The summed E-state index contributed by atoms with van der Waals surface area (Å²) in [7, 11) is 0. The third kappa shape index (κ3) is 8.60. The van der Waals surface area contributed by atoms with Crippen molar-refractivity contribution in [3.05, 3.63) is 53.6 Å². The van der Waals surface area contributed by atoms with E-state index in [2.05, 4.69) is 10.3 Å². The summed E-state index contributed by atoms with van der Waals surface area (Å²) in [6.45, 7) is 7.72. The molecule has 3 rings (SSSR count). The number of nitrogens with one attached hydrogen (secondary N) is 1. The molecule has 1 saturated heterocycles. The maximum atomic E-state index is 12.9. The first-order chi connectivity index (χ1) is 15.3. The summed E-state index contributed by atoms with van der Waals surface area (Å²) in [4.78, 5) is 26.6. The molecule has 2 heterocycles. The number of primary amides is 1. The van der Waals surface area contributed by atoms with Crippen LogP contribution in [0.1, 0.15) is 49.7 Å². The Hall–Kier alpha value is -3.04. The van der Waals surface area contributed by atoms with Crippen molar-refractivity contribution >= 4 is 17.5 Å². The van der Waals surface area contributed by atoms with Crippen LogP contribution in [0.3, 0.4) is 0 Å². The zero-order valence-corrected chi connectivity index (χ0v) is 18.9. The molecule has 176 valence electrons. The molecule has 2 unspecified atom stereocenters. The number of nitrogens with zero attached hydrogens (tertiary/aromatic N) is 1. The highest BCUT2D eigenvalue weighted by Gasteiger charge is 2.28. The van der Waals surface area contributed by atoms with Gasteiger partial charge >= 0.3 is 0 Å². The molecular formula is C23H32FN3O5. The molecule has 0 saturated carbocycles. The zero-order valence-electron chi connectivity index (χ0n) is 18.9. The topological polar surface area (TPSA) is 124 Å². The van der Waals surface area contributed by atoms with Crippen LogP contribution < -0.4 is 15.8 Å². The van der Waals surface area contributed by atoms with Gasteiger partial charge in [0.1, 0.15) is 30.0 Å². The Morgan fingerprint density at radius 3 is 2.62 bits per heavy atom. The fraction of sp³-hybridized carbons (Fsp3) is 0.435. The van der Waals surface area contributed by atoms with Crippen molar-refractivity contribution in [3.8, 4) is 5.75 Å². The van der Waals surface area contributed by atoms with Crippen LogP contribution in [0.5, 0.6) is 5.75 Å². The maximum Gasteiger partial charge on any atom is 0.267 e. The molecule has 4 N–H and O–H groups in total. The Labute approximate surface area is 187 Å². The number of benzene rings is 1. The van der Waals surface area contributed by atoms with Gasteiger partial charge in [-0.25, -0.2) is 4.39 Å². The lowest BCUT2D eigenvalue weighted by atomic mass is 10.2. The maximum absolute atomic E-state index is 12.9. The highest BCUT2D eigenvalue weighted by atomic mass is 19.1. The van der Waals surface area contributed by atoms with Crippen LogP contribution >= 0.6 is 0 Å². The van der Waals surface area contributed by atoms with Crippen molar-refractivity contribution in [2.24, 2.45) is 5.73 Å². The largest absolute Gasteiger partial charge is 0.491 e. The number of aromatic nitrogens is 1. The molecule has 2 atom stereocenters. The molecule has 1 fully saturated rings. The molecule has 2 aromatic rings. The standard InChI is InChI=1S/C12H15N3O3.C9H11FO2.C2H6/c1-7-2-3-10(18-7)12(17)15-8-4-5-14-9(6-8)11(13)16;1-7-8(10)3-2-4-9(7)12-6-5-11;1-2/h4-7,10H,2-3H2,1H3,(H2,13,16)(H,14,15,17);2-4,11H,5-6H2,1H3;1-2H3. The van der Waals surface area contributed by atoms with Crippen LogP contribution in [0.4, 0.5) is 10.1 Å². The molecule has 1 aromatic heterocycles. The summed E-state index contributed by atoms with van der Waals surface area (Å²) in [5.74, 6) is -0.632. The lowest BCUT2D eigenvalue weighted by molar-refractivity contribution is -0.126. The van der Waals surface area contributed by atoms with Gasteiger partial charge in [-0.05, 0) is 51.0 Å². The monoisotopic (exact) mass is 449 g/mol. The SMILES string of the molecule is CC.CC1CCC(C(=O)Nc2ccnc(C(N)=O)c2)O1.Cc1c(F)cccc1OCCO. The van der Waals surface area contributed by atoms with E-state index in [4.69, 9.17) is 20.3 Å². The number of aliphatic hydroxyl groups is 1. The van der Waals surface area contributed by atoms with Crippen molar-refractivity contribution in [3.63, 3.8) is 0 Å². The number of aliphatic hydroxyl groups excluding tert-OH is 1. The molecule has 32 heavy (non-hydrogen) atoms. The number of hydrogen-bond acceptors (Lipinski definition) is 6. The molecule has 1 aliphatic rings. The molecule has 0 spiro atoms. The molecule has 1 aromatic carbocycles. The Bertz CT molecular complexity index is 878. The van der Waals surface area contributed by atoms with E-state index < -0.39 is 12.0 Å². The first kappa shape index (κ1) is 27.0. The second-order valence-electron chi connectivity index (χ2n) is 6.73. The number of carbonyl (C=O) groups is 2. The van der Waals surface area contributed by atoms with E-state index in [1.165, 1.54) is 18.3 Å². The second-order valence-corrected chi connectivity index (χ2v) is 6.73. The van der Waals surface area contributed by atoms with Gasteiger partial charge in [-0.1, -0.05) is 19.9 Å². The van der Waals surface area contributed by atoms with Crippen molar-refractivity contribution in [2.45, 2.75) is 52.7 Å². The second kappa shape index (κ2) is 14.1. The van der Waals surface area contributed by atoms with Crippen molar-refractivity contribution in [1.29, 1.82) is 0 Å². The van der Waals surface area contributed by atoms with E-state index in [9.17, 15) is 14.0 Å². The number of amides is 2. The summed E-state index contributed by atoms with van der Waals surface area (Å²) >= 11 is 0. The van der Waals surface area contributed by atoms with Gasteiger partial charge in [-0.3, -0.25) is 14.6 Å². The number of halogens is 1. The van der Waals surface area contributed by atoms with E-state index in [0.717, 1.165) is 6.42 Å². The van der Waals surface area contributed by atoms with Crippen molar-refractivity contribution in [1.82, 2.24) is 4.98 Å². The van der Waals surface area contributed by atoms with Crippen molar-refractivity contribution < 1.29 is 28.6 Å². The Balaban J connectivity index is 0.000000318. The van der Waals surface area contributed by atoms with Gasteiger partial charge < -0.3 is 25.6 Å². The number of nitrogens with two attached hydrogens (primary N) is 1. The first-order valence-electron chi connectivity index (χ1n) is 10.5. The number of rotatable bonds is 6. The molecule has 8 nitrogen and oxygen atoms in total. The molecule has 0 bridgehead atoms. The number of hydrogen-bond donors (Lipinski definition) is 3. The summed E-state index contributed by atoms with van der Waals surface area (Å²) in [5, 5.41) is 11.2. The number of anilines is 1. The highest BCUT2D eigenvalue weighted by molar-refractivity contribution is 5.96. The van der Waals surface area contributed by atoms with Gasteiger partial charge in [0, 0.05) is 17.4 Å². The normalized spacial score (nSPS) is 16.7. The average Bonchev–Trinajstić information content (AvgIpc) is 3.23. The van der Waals surface area contributed by atoms with E-state index in [1.54, 1.807) is 25.1 Å². The van der Waals surface area contributed by atoms with Crippen LogP contribution in [0, 0.1) is 12.7 Å². The fourth-order valence-electron chi connectivity index (χ4n) is 2.76. The van der Waals surface area contributed by atoms with Gasteiger partial charge in [0.2, 0.25) is 0 Å². The molecule has 2 amide bonds. The Morgan fingerprint density at radius 2 is 2.03 bits per heavy atom. The minimum Gasteiger partial charge on any atom is -0.491 e. The number of ether oxygens (including phenoxy) is 2. The highest BCUT2D eigenvalue weighted by Crippen LogP contribution is 2.21. The van der Waals surface area contributed by atoms with E-state index in [1.807, 2.05) is 20.8 Å². The quantitative estimate of drug-likeness (QED) is 0.622. The summed E-state index contributed by atoms with van der Waals surface area (Å²) in [5.41, 5.74) is 6.20. The van der Waals surface area contributed by atoms with Crippen LogP contribution in [0.15, 0.2) is 36.5 Å². The number of carbonyl (C=O) groups excluding carboxylic acids is 2. The molecular weight excluding hydrogens is 417 g/mol. The van der Waals surface area contributed by atoms with Gasteiger partial charge in [0.15, 0.2) is 0 Å². The van der Waals surface area contributed by atoms with Gasteiger partial charge in [0.25, 0.3) is 11.8 Å². The predicted octanol–water partition coefficient (Wildman–Crippen LogP) is 3.22. The lowest BCUT2D eigenvalue weighted by Gasteiger charge is -2.11. The third-order valence-corrected chi connectivity index (χ3v) is 4.37. The fourth-order valence-corrected chi connectivity index (χ4v) is 2.76. The molecule has 1 aliphatic heterocycles. The van der Waals surface area contributed by atoms with Gasteiger partial charge in [-0.2, -0.15) is 0 Å². The van der Waals surface area contributed by atoms with Crippen LogP contribution in [0.25, 0.3) is 0 Å². The third-order valence-electron chi connectivity index (χ3n) is 4.37. The number of pyridine rings is 1. The summed E-state index contributed by atoms with van der Waals surface area (Å²) < 4.78 is 23.4. The van der Waals surface area contributed by atoms with Crippen LogP contribution in [-0.2, 0) is 9.53 Å².